The number of aromatic amines is 1. The number of thiophene rings is 8. The van der Waals surface area contributed by atoms with E-state index in [0.717, 1.165) is 55.9 Å². The van der Waals surface area contributed by atoms with Crippen LogP contribution in [0.2, 0.25) is 0 Å². The molecule has 13 rings (SSSR count). The summed E-state index contributed by atoms with van der Waals surface area (Å²) in [6.07, 6.45) is 13.6. The molecule has 0 radical (unpaired) electrons. The summed E-state index contributed by atoms with van der Waals surface area (Å²) in [4.78, 5) is 28.6. The van der Waals surface area contributed by atoms with Crippen LogP contribution in [-0.4, -0.2) is 16.4 Å². The first-order valence-corrected chi connectivity index (χ1v) is 27.3. The number of H-pyrrole nitrogens is 1. The zero-order valence-electron chi connectivity index (χ0n) is 33.5. The summed E-state index contributed by atoms with van der Waals surface area (Å²) >= 11 is 14.5. The van der Waals surface area contributed by atoms with Crippen molar-refractivity contribution in [2.24, 2.45) is 4.99 Å². The van der Waals surface area contributed by atoms with Gasteiger partial charge in [-0.3, -0.25) is 5.32 Å². The lowest BCUT2D eigenvalue weighted by molar-refractivity contribution is -0.537. The topological polar surface area (TPSA) is 58.7 Å². The Balaban J connectivity index is 1.07. The highest BCUT2D eigenvalue weighted by atomic mass is 32.1. The Bertz CT molecular complexity index is 3430. The standard InChI is InChI=1S/C52H30N4S8/c1-5-37(57-25-1)41-17-21-45(61-41)49-29-9-11-31(53-29)50(46-22-18-42(62-46)38-6-2-26-58-38)33-13-15-35(55-33)52(48-24-20-44(64-48)40-8-4-28-60-40)36-16-14-34(56-36)51(32-12-10-30(49)54-32)47-23-19-43(63-47)39-7-3-27-59-39/h1-28,53,56H/p+2. The first kappa shape index (κ1) is 38.8. The van der Waals surface area contributed by atoms with Gasteiger partial charge in [-0.2, -0.15) is 0 Å². The molecule has 0 saturated heterocycles. The smallest absolute Gasteiger partial charge is 0.219 e. The minimum absolute atomic E-state index is 0.946. The zero-order chi connectivity index (χ0) is 42.1. The Kier molecular flexibility index (Phi) is 9.76. The van der Waals surface area contributed by atoms with Crippen molar-refractivity contribution < 1.29 is 10.3 Å². The van der Waals surface area contributed by atoms with Crippen LogP contribution >= 0.6 is 90.7 Å². The largest absolute Gasteiger partial charge is 0.354 e. The third-order valence-corrected chi connectivity index (χ3v) is 20.1. The van der Waals surface area contributed by atoms with Crippen LogP contribution in [0.25, 0.3) is 61.3 Å². The molecule has 0 fully saturated rings. The highest BCUT2D eigenvalue weighted by molar-refractivity contribution is 7.23. The maximum atomic E-state index is 5.61. The highest BCUT2D eigenvalue weighted by Crippen LogP contribution is 2.42. The fourth-order valence-electron chi connectivity index (χ4n) is 8.52. The van der Waals surface area contributed by atoms with Gasteiger partial charge in [-0.1, -0.05) is 24.3 Å². The van der Waals surface area contributed by atoms with Crippen LogP contribution in [-0.2, 0) is 0 Å². The van der Waals surface area contributed by atoms with E-state index in [0.29, 0.717) is 0 Å². The quantitative estimate of drug-likeness (QED) is 0.136. The van der Waals surface area contributed by atoms with E-state index in [-0.39, 0.29) is 0 Å². The predicted molar refractivity (Wildman–Crippen MR) is 279 cm³/mol. The summed E-state index contributed by atoms with van der Waals surface area (Å²) in [5.74, 6) is 0. The predicted octanol–water partition coefficient (Wildman–Crippen LogP) is 11.9. The third kappa shape index (κ3) is 6.89. The number of aliphatic imine (C=N–C) groups is 1. The molecule has 0 aliphatic carbocycles. The van der Waals surface area contributed by atoms with Crippen LogP contribution in [0.5, 0.6) is 0 Å². The van der Waals surface area contributed by atoms with Gasteiger partial charge in [0.05, 0.1) is 27.9 Å². The fraction of sp³-hybridized carbons (Fsp3) is 0. The molecule has 4 N–H and O–H groups in total. The molecule has 0 spiro atoms. The normalized spacial score (nSPS) is 15.8. The molecule has 8 bridgehead atoms. The van der Waals surface area contributed by atoms with Crippen molar-refractivity contribution >= 4 is 124 Å². The van der Waals surface area contributed by atoms with Crippen LogP contribution in [0, 0.1) is 0 Å². The molecule has 0 aromatic carbocycles. The molecule has 4 nitrogen and oxygen atoms in total. The van der Waals surface area contributed by atoms with Crippen molar-refractivity contribution in [3.05, 3.63) is 220 Å². The number of rotatable bonds is 8. The molecule has 306 valence electrons. The monoisotopic (exact) mass is 968 g/mol. The number of allylic oxidation sites excluding steroid dienone is 8. The summed E-state index contributed by atoms with van der Waals surface area (Å²) in [7, 11) is 0. The Morgan fingerprint density at radius 2 is 0.859 bits per heavy atom. The summed E-state index contributed by atoms with van der Waals surface area (Å²) in [5.41, 5.74) is 10.9. The minimum Gasteiger partial charge on any atom is -0.354 e. The molecule has 64 heavy (non-hydrogen) atoms. The Morgan fingerprint density at radius 3 is 1.38 bits per heavy atom. The van der Waals surface area contributed by atoms with Crippen LogP contribution in [0.15, 0.2) is 195 Å². The molecule has 9 aromatic heterocycles. The number of fused-ring (bicyclic) bond motifs is 6. The SMILES string of the molecule is C1=CC2=C(c3ccc(-c4cccs4)s3)C3=CC=C([NH2+]3)C(c3ccc(-c4cccs4)s3)=C3C=CC(=[NH+]3)C(c3ccc(-c4cccs4)s3)=c3ccc([nH]3)=C(c3ccc(-c4cccs4)s3)C1=N2. The molecule has 4 aliphatic rings. The van der Waals surface area contributed by atoms with Crippen molar-refractivity contribution in [3.63, 3.8) is 0 Å². The van der Waals surface area contributed by atoms with Crippen LogP contribution in [0.1, 0.15) is 19.5 Å². The van der Waals surface area contributed by atoms with Crippen molar-refractivity contribution in [2.75, 3.05) is 0 Å². The average molecular weight is 969 g/mol. The summed E-state index contributed by atoms with van der Waals surface area (Å²) in [6, 6.07) is 40.1. The molecule has 0 atom stereocenters. The zero-order valence-corrected chi connectivity index (χ0v) is 40.0. The van der Waals surface area contributed by atoms with Gasteiger partial charge in [0.2, 0.25) is 11.4 Å². The van der Waals surface area contributed by atoms with Crippen molar-refractivity contribution in [1.29, 1.82) is 0 Å². The van der Waals surface area contributed by atoms with E-state index in [1.54, 1.807) is 45.3 Å². The fourth-order valence-corrected chi connectivity index (χ4v) is 16.2. The highest BCUT2D eigenvalue weighted by Gasteiger charge is 2.33. The number of nitrogens with two attached hydrogens (primary N) is 1. The second kappa shape index (κ2) is 16.1. The number of hydrogen-bond donors (Lipinski definition) is 3. The lowest BCUT2D eigenvalue weighted by atomic mass is 10.1. The molecule has 0 saturated carbocycles. The Morgan fingerprint density at radius 1 is 0.406 bits per heavy atom. The van der Waals surface area contributed by atoms with Gasteiger partial charge in [0.15, 0.2) is 0 Å². The van der Waals surface area contributed by atoms with E-state index in [2.05, 4.69) is 182 Å². The van der Waals surface area contributed by atoms with E-state index in [4.69, 9.17) is 4.99 Å². The summed E-state index contributed by atoms with van der Waals surface area (Å²) in [6.45, 7) is 0. The van der Waals surface area contributed by atoms with E-state index >= 15 is 0 Å². The molecule has 0 unspecified atom stereocenters. The van der Waals surface area contributed by atoms with Crippen LogP contribution < -0.4 is 21.0 Å². The molecule has 0 amide bonds. The summed E-state index contributed by atoms with van der Waals surface area (Å²) in [5, 5.41) is 13.1. The lowest BCUT2D eigenvalue weighted by Gasteiger charge is -2.10. The van der Waals surface area contributed by atoms with Gasteiger partial charge >= 0.3 is 0 Å². The maximum absolute atomic E-state index is 5.61. The first-order chi connectivity index (χ1) is 31.7. The van der Waals surface area contributed by atoms with E-state index < -0.39 is 0 Å². The lowest BCUT2D eigenvalue weighted by Crippen LogP contribution is -2.79. The second-order valence-corrected chi connectivity index (χ2v) is 23.4. The van der Waals surface area contributed by atoms with E-state index in [1.807, 2.05) is 45.3 Å². The minimum atomic E-state index is 0.946. The number of quaternary nitrogens is 1. The average Bonchev–Trinajstić information content (AvgIpc) is 4.16. The Hall–Kier alpha value is -5.64. The molecular formula is C52H32N4S8+2. The molecule has 9 aromatic rings. The second-order valence-electron chi connectivity index (χ2n) is 15.2. The van der Waals surface area contributed by atoms with Gasteiger partial charge in [0.25, 0.3) is 0 Å². The maximum Gasteiger partial charge on any atom is 0.219 e. The number of aromatic nitrogens is 1. The van der Waals surface area contributed by atoms with Gasteiger partial charge < -0.3 is 4.98 Å². The third-order valence-electron chi connectivity index (χ3n) is 11.4. The number of hydrogen-bond acceptors (Lipinski definition) is 9. The van der Waals surface area contributed by atoms with E-state index in [1.165, 1.54) is 69.8 Å². The Labute approximate surface area is 400 Å². The molecule has 13 heterocycles. The van der Waals surface area contributed by atoms with Gasteiger partial charge in [0, 0.05) is 93.8 Å². The molecular weight excluding hydrogens is 937 g/mol. The van der Waals surface area contributed by atoms with Crippen LogP contribution in [0.3, 0.4) is 0 Å². The van der Waals surface area contributed by atoms with Crippen molar-refractivity contribution in [1.82, 2.24) is 4.98 Å². The number of nitrogens with one attached hydrogen (secondary N) is 2. The van der Waals surface area contributed by atoms with Gasteiger partial charge in [-0.05, 0) is 119 Å². The first-order valence-electron chi connectivity index (χ1n) is 20.5. The van der Waals surface area contributed by atoms with Crippen molar-refractivity contribution in [3.8, 4) is 39.0 Å². The van der Waals surface area contributed by atoms with Gasteiger partial charge in [0.1, 0.15) is 17.0 Å². The van der Waals surface area contributed by atoms with E-state index in [9.17, 15) is 0 Å². The van der Waals surface area contributed by atoms with Crippen molar-refractivity contribution in [2.45, 2.75) is 0 Å². The molecule has 4 aliphatic heterocycles. The summed E-state index contributed by atoms with van der Waals surface area (Å²) < 4.78 is 0. The van der Waals surface area contributed by atoms with Gasteiger partial charge in [-0.15, -0.1) is 90.7 Å². The van der Waals surface area contributed by atoms with Crippen LogP contribution in [0.4, 0.5) is 0 Å². The van der Waals surface area contributed by atoms with Gasteiger partial charge in [-0.25, -0.2) is 9.98 Å². The molecule has 12 heteroatoms. The number of nitrogens with zero attached hydrogens (tertiary/aromatic N) is 1.